The number of ether oxygens (including phenoxy) is 13. The molecular formula is C53H85N4O34. The molecule has 0 aromatic heterocycles. The largest absolute Gasteiger partial charge is 0.479 e. The highest BCUT2D eigenvalue weighted by Crippen LogP contribution is 2.41. The van der Waals surface area contributed by atoms with Crippen molar-refractivity contribution in [3.05, 3.63) is 0 Å². The van der Waals surface area contributed by atoms with E-state index in [0.29, 0.717) is 0 Å². The summed E-state index contributed by atoms with van der Waals surface area (Å²) in [6.45, 7) is 7.71. The van der Waals surface area contributed by atoms with E-state index in [2.05, 4.69) is 16.0 Å². The maximum absolute atomic E-state index is 14.9. The highest BCUT2D eigenvalue weighted by atomic mass is 16.8. The van der Waals surface area contributed by atoms with Crippen molar-refractivity contribution in [2.45, 2.75) is 269 Å². The molecule has 91 heavy (non-hydrogen) atoms. The number of aliphatic hydroxyl groups is 12. The average Bonchev–Trinajstić information content (AvgIpc) is 0.937. The molecule has 0 bridgehead atoms. The number of carboxylic acid groups (broad SMARTS) is 2. The number of aliphatic hydroxyl groups excluding tert-OH is 12. The van der Waals surface area contributed by atoms with Gasteiger partial charge in [-0.2, -0.15) is 0 Å². The molecule has 3 amide bonds. The van der Waals surface area contributed by atoms with Gasteiger partial charge in [-0.15, -0.1) is 10.3 Å². The fraction of sp³-hybridized carbons (Fsp3) is 0.887. The molecule has 7 fully saturated rings. The Kier molecular flexibility index (Phi) is 24.7. The summed E-state index contributed by atoms with van der Waals surface area (Å²) in [6.07, 6.45) is -57.1. The third-order valence-corrected chi connectivity index (χ3v) is 16.9. The average molecular weight is 1320 g/mol. The molecule has 0 aromatic rings. The number of carbonyl (C=O) groups excluding carboxylic acids is 4. The molecule has 38 heteroatoms. The van der Waals surface area contributed by atoms with E-state index in [0.717, 1.165) is 32.9 Å². The molecule has 521 valence electrons. The van der Waals surface area contributed by atoms with Gasteiger partial charge >= 0.3 is 17.9 Å². The third-order valence-electron chi connectivity index (χ3n) is 16.9. The Bertz CT molecular complexity index is 2490. The number of nitrogens with one attached hydrogen (secondary N) is 3. The number of hydrogen-bond acceptors (Lipinski definition) is 32. The van der Waals surface area contributed by atoms with Gasteiger partial charge in [-0.25, -0.2) is 14.4 Å². The number of carboxylic acids is 2. The molecule has 0 aromatic carbocycles. The predicted molar refractivity (Wildman–Crippen MR) is 286 cm³/mol. The van der Waals surface area contributed by atoms with Gasteiger partial charge in [0.25, 0.3) is 0 Å². The van der Waals surface area contributed by atoms with Crippen molar-refractivity contribution in [3.8, 4) is 0 Å². The van der Waals surface area contributed by atoms with Crippen LogP contribution in [0, 0.1) is 0 Å². The molecule has 38 nitrogen and oxygen atoms in total. The second-order valence-corrected chi connectivity index (χ2v) is 24.6. The molecule has 0 aliphatic carbocycles. The highest BCUT2D eigenvalue weighted by Gasteiger charge is 2.61. The van der Waals surface area contributed by atoms with Gasteiger partial charge in [0.05, 0.1) is 32.0 Å². The zero-order chi connectivity index (χ0) is 67.8. The second-order valence-electron chi connectivity index (χ2n) is 24.6. The van der Waals surface area contributed by atoms with Crippen LogP contribution in [0.1, 0.15) is 68.2 Å². The Morgan fingerprint density at radius 1 is 0.451 bits per heavy atom. The zero-order valence-corrected chi connectivity index (χ0v) is 50.8. The van der Waals surface area contributed by atoms with Crippen LogP contribution < -0.4 is 16.0 Å². The van der Waals surface area contributed by atoms with Crippen molar-refractivity contribution in [1.29, 1.82) is 0 Å². The molecule has 7 rings (SSSR count). The molecule has 30 atom stereocenters. The lowest BCUT2D eigenvalue weighted by molar-refractivity contribution is -0.377. The summed E-state index contributed by atoms with van der Waals surface area (Å²) in [4.78, 5) is 78.3. The fourth-order valence-electron chi connectivity index (χ4n) is 12.6. The molecule has 1 radical (unpaired) electrons. The smallest absolute Gasteiger partial charge is 0.338 e. The monoisotopic (exact) mass is 1320 g/mol. The molecule has 7 aliphatic rings. The predicted octanol–water partition coefficient (Wildman–Crippen LogP) is -9.84. The van der Waals surface area contributed by atoms with Gasteiger partial charge < -0.3 is 149 Å². The molecule has 0 spiro atoms. The van der Waals surface area contributed by atoms with Crippen LogP contribution in [0.25, 0.3) is 0 Å². The van der Waals surface area contributed by atoms with E-state index in [1.807, 2.05) is 0 Å². The van der Waals surface area contributed by atoms with Gasteiger partial charge in [-0.3, -0.25) is 14.4 Å². The molecule has 30 unspecified atom stereocenters. The number of aliphatic carboxylic acids is 2. The molecule has 7 heterocycles. The summed E-state index contributed by atoms with van der Waals surface area (Å²) in [5, 5.41) is 177. The quantitative estimate of drug-likeness (QED) is 0.0475. The number of carbonyl (C=O) groups is 6. The number of hydroxylamine groups is 2. The van der Waals surface area contributed by atoms with Crippen LogP contribution in [0.4, 0.5) is 0 Å². The van der Waals surface area contributed by atoms with E-state index < -0.39 is 256 Å². The van der Waals surface area contributed by atoms with E-state index in [-0.39, 0.29) is 12.8 Å². The first-order chi connectivity index (χ1) is 42.5. The van der Waals surface area contributed by atoms with Gasteiger partial charge in [0.15, 0.2) is 49.8 Å². The minimum atomic E-state index is -2.50. The van der Waals surface area contributed by atoms with E-state index in [1.54, 1.807) is 27.7 Å². The lowest BCUT2D eigenvalue weighted by Crippen LogP contribution is -2.71. The van der Waals surface area contributed by atoms with E-state index in [4.69, 9.17) is 61.6 Å². The number of hydrogen-bond donors (Lipinski definition) is 17. The maximum Gasteiger partial charge on any atom is 0.338 e. The molecule has 17 N–H and O–H groups in total. The fourth-order valence-corrected chi connectivity index (χ4v) is 12.6. The van der Waals surface area contributed by atoms with Crippen LogP contribution in [0.2, 0.25) is 0 Å². The second kappa shape index (κ2) is 30.2. The van der Waals surface area contributed by atoms with Crippen molar-refractivity contribution in [1.82, 2.24) is 21.0 Å². The Balaban J connectivity index is 1.21. The van der Waals surface area contributed by atoms with Crippen molar-refractivity contribution >= 4 is 35.6 Å². The lowest BCUT2D eigenvalue weighted by Gasteiger charge is -2.51. The third kappa shape index (κ3) is 16.0. The van der Waals surface area contributed by atoms with Gasteiger partial charge in [0, 0.05) is 51.8 Å². The first-order valence-corrected chi connectivity index (χ1v) is 29.2. The number of amides is 3. The summed E-state index contributed by atoms with van der Waals surface area (Å²) in [7, 11) is 1.01. The number of piperidine rings is 1. The molecule has 7 aliphatic heterocycles. The minimum Gasteiger partial charge on any atom is -0.479 e. The van der Waals surface area contributed by atoms with E-state index in [1.165, 1.54) is 6.92 Å². The first kappa shape index (κ1) is 74.2. The number of methoxy groups -OCH3 is 1. The molecule has 0 saturated carbocycles. The summed E-state index contributed by atoms with van der Waals surface area (Å²) in [6, 6.07) is -5.12. The summed E-state index contributed by atoms with van der Waals surface area (Å²) >= 11 is 0. The number of esters is 1. The van der Waals surface area contributed by atoms with Crippen LogP contribution in [-0.2, 0) is 95.6 Å². The van der Waals surface area contributed by atoms with Gasteiger partial charge in [0.1, 0.15) is 128 Å². The van der Waals surface area contributed by atoms with Crippen LogP contribution in [0.5, 0.6) is 0 Å². The first-order valence-electron chi connectivity index (χ1n) is 29.2. The van der Waals surface area contributed by atoms with Gasteiger partial charge in [0.2, 0.25) is 17.7 Å². The summed E-state index contributed by atoms with van der Waals surface area (Å²) in [5.41, 5.74) is -2.38. The number of rotatable bonds is 21. The van der Waals surface area contributed by atoms with Crippen LogP contribution >= 0.6 is 0 Å². The highest BCUT2D eigenvalue weighted by molar-refractivity contribution is 5.77. The van der Waals surface area contributed by atoms with Gasteiger partial charge in [-0.05, 0) is 34.6 Å². The van der Waals surface area contributed by atoms with Gasteiger partial charge in [-0.1, -0.05) is 0 Å². The van der Waals surface area contributed by atoms with E-state index >= 15 is 0 Å². The van der Waals surface area contributed by atoms with Crippen LogP contribution in [-0.4, -0.2) is 340 Å². The normalized spacial score (nSPS) is 44.6. The lowest BCUT2D eigenvalue weighted by atomic mass is 9.80. The summed E-state index contributed by atoms with van der Waals surface area (Å²) in [5.74, 6) is -7.57. The summed E-state index contributed by atoms with van der Waals surface area (Å²) < 4.78 is 75.5. The Labute approximate surface area is 518 Å². The Morgan fingerprint density at radius 2 is 0.769 bits per heavy atom. The van der Waals surface area contributed by atoms with Crippen LogP contribution in [0.15, 0.2) is 0 Å². The Morgan fingerprint density at radius 3 is 1.13 bits per heavy atom. The molecular weight excluding hydrogens is 1240 g/mol. The molecule has 7 saturated heterocycles. The van der Waals surface area contributed by atoms with Crippen molar-refractivity contribution < 1.29 is 167 Å². The standard InChI is InChI=1S/C53H85N4O34/c1-15-23(54-16(2)61)35(26(64)20(12-58)80-15)84-50-33(71)30(68)39(42(90-50)45(75)76)87-47-24(55-17(3)62)37(28(66)21(13-59)82-47)86-51-34(72)31(69)40(43(91-51)46(77)81-19-10-52(5,6)57(78)53(7,8)11-19)88-48-25(56-18(4)63)36(27(65)22(14-60)83-48)85-49-32(70)29(67)38(79-9)41(89-49)44(73)74/h15,19-43,47-51,58-60,64-72H,10-14H2,1-9H3,(H,54,61)(H,55,62)(H,56,63)(H,73,74)(H,75,76). The maximum atomic E-state index is 14.9. The SMILES string of the molecule is COC1C(C(=O)O)OC(OC2C(O)C(CO)OC(OC3C(C(=O)OC4CC(C)(C)N([O])C(C)(C)C4)OC(OC4C(O)C(CO)OC(OC5C(C(=O)O)OC(OC6C(O)C(CO)OC(C)C6NC(C)=O)C(O)C5O)C4NC(C)=O)C(O)C3O)C2NC(C)=O)C(O)C1O. The van der Waals surface area contributed by atoms with E-state index in [9.17, 15) is 105 Å². The zero-order valence-electron chi connectivity index (χ0n) is 50.8. The number of nitrogens with zero attached hydrogens (tertiary/aromatic N) is 1. The van der Waals surface area contributed by atoms with Crippen molar-refractivity contribution in [2.24, 2.45) is 0 Å². The van der Waals surface area contributed by atoms with Crippen molar-refractivity contribution in [2.75, 3.05) is 26.9 Å². The van der Waals surface area contributed by atoms with Crippen LogP contribution in [0.3, 0.4) is 0 Å². The minimum absolute atomic E-state index is 0.120. The topological polar surface area (TPSA) is 565 Å². The Hall–Kier alpha value is -4.22. The van der Waals surface area contributed by atoms with Crippen molar-refractivity contribution in [3.63, 3.8) is 0 Å².